The van der Waals surface area contributed by atoms with Gasteiger partial charge < -0.3 is 15.3 Å². The Morgan fingerprint density at radius 3 is 2.60 bits per heavy atom. The van der Waals surface area contributed by atoms with Gasteiger partial charge in [-0.2, -0.15) is 0 Å². The van der Waals surface area contributed by atoms with Gasteiger partial charge in [-0.15, -0.1) is 0 Å². The molecule has 1 fully saturated rings. The fraction of sp³-hybridized carbons (Fsp3) is 1.00. The summed E-state index contributed by atoms with van der Waals surface area (Å²) in [7, 11) is 0. The van der Waals surface area contributed by atoms with Crippen LogP contribution in [0.5, 0.6) is 0 Å². The summed E-state index contributed by atoms with van der Waals surface area (Å²) in [6.07, 6.45) is -1.68. The average molecular weight is 148 g/mol. The van der Waals surface area contributed by atoms with E-state index in [2.05, 4.69) is 10.9 Å². The highest BCUT2D eigenvalue weighted by Gasteiger charge is 2.29. The van der Waals surface area contributed by atoms with E-state index in [-0.39, 0.29) is 6.61 Å². The summed E-state index contributed by atoms with van der Waals surface area (Å²) in [5, 5.41) is 26.7. The normalized spacial score (nSPS) is 41.7. The fourth-order valence-corrected chi connectivity index (χ4v) is 0.923. The van der Waals surface area contributed by atoms with E-state index >= 15 is 0 Å². The highest BCUT2D eigenvalue weighted by molar-refractivity contribution is 4.84. The molecule has 0 aromatic heterocycles. The minimum atomic E-state index is -0.883. The summed E-state index contributed by atoms with van der Waals surface area (Å²) in [6, 6.07) is -0.469. The molecular formula is C5H12N2O3. The summed E-state index contributed by atoms with van der Waals surface area (Å²) in [5.74, 6) is 0. The van der Waals surface area contributed by atoms with Gasteiger partial charge in [0.15, 0.2) is 0 Å². The lowest BCUT2D eigenvalue weighted by Gasteiger charge is -2.31. The molecule has 0 spiro atoms. The number of β-amino-alcohol motifs (C(OH)–C–C–N with tert-alkyl or cyclic N) is 1. The lowest BCUT2D eigenvalue weighted by molar-refractivity contribution is -0.0433. The number of aliphatic hydroxyl groups excluding tert-OH is 3. The Bertz CT molecular complexity index is 111. The second kappa shape index (κ2) is 3.27. The quantitative estimate of drug-likeness (QED) is 0.277. The molecule has 10 heavy (non-hydrogen) atoms. The second-order valence-electron chi connectivity index (χ2n) is 2.37. The molecule has 0 aromatic rings. The monoisotopic (exact) mass is 148 g/mol. The van der Waals surface area contributed by atoms with Crippen molar-refractivity contribution in [3.8, 4) is 0 Å². The van der Waals surface area contributed by atoms with E-state index in [0.29, 0.717) is 6.54 Å². The summed E-state index contributed by atoms with van der Waals surface area (Å²) in [5.41, 5.74) is 5.28. The zero-order valence-electron chi connectivity index (χ0n) is 5.49. The predicted octanol–water partition coefficient (Wildman–Crippen LogP) is -2.82. The first-order valence-corrected chi connectivity index (χ1v) is 3.21. The molecule has 0 saturated carbocycles. The largest absolute Gasteiger partial charge is 0.395 e. The molecule has 60 valence electrons. The first-order chi connectivity index (χ1) is 4.75. The first kappa shape index (κ1) is 7.90. The molecule has 0 unspecified atom stereocenters. The van der Waals surface area contributed by atoms with Crippen LogP contribution < -0.4 is 10.9 Å². The minimum absolute atomic E-state index is 0.189. The van der Waals surface area contributed by atoms with Crippen LogP contribution in [0.4, 0.5) is 0 Å². The van der Waals surface area contributed by atoms with E-state index in [1.165, 1.54) is 0 Å². The first-order valence-electron chi connectivity index (χ1n) is 3.21. The van der Waals surface area contributed by atoms with Gasteiger partial charge in [-0.05, 0) is 0 Å². The Labute approximate surface area is 58.6 Å². The van der Waals surface area contributed by atoms with Gasteiger partial charge in [0, 0.05) is 6.54 Å². The Morgan fingerprint density at radius 1 is 1.40 bits per heavy atom. The highest BCUT2D eigenvalue weighted by atomic mass is 16.3. The topological polar surface area (TPSA) is 84.8 Å². The van der Waals surface area contributed by atoms with Crippen LogP contribution >= 0.6 is 0 Å². The lowest BCUT2D eigenvalue weighted by Crippen LogP contribution is -2.62. The standard InChI is InChI=1S/C5H12N2O3/c8-2-3-5(10)4(9)1-6-7-3/h3-10H,1-2H2/t3-,4-,5+/m1/s1/i3+0. The van der Waals surface area contributed by atoms with Crippen LogP contribution in [-0.2, 0) is 0 Å². The molecule has 0 amide bonds. The van der Waals surface area contributed by atoms with Crippen molar-refractivity contribution in [1.82, 2.24) is 10.9 Å². The van der Waals surface area contributed by atoms with Gasteiger partial charge in [-0.25, -0.2) is 5.43 Å². The molecule has 3 atom stereocenters. The molecule has 5 nitrogen and oxygen atoms in total. The molecule has 1 saturated heterocycles. The van der Waals surface area contributed by atoms with Gasteiger partial charge in [0.1, 0.15) is 6.10 Å². The molecule has 1 heterocycles. The van der Waals surface area contributed by atoms with Crippen LogP contribution in [0.2, 0.25) is 0 Å². The Kier molecular flexibility index (Phi) is 2.58. The molecule has 1 aliphatic heterocycles. The van der Waals surface area contributed by atoms with Crippen molar-refractivity contribution in [1.29, 1.82) is 0 Å². The smallest absolute Gasteiger partial charge is 0.100 e. The van der Waals surface area contributed by atoms with Crippen LogP contribution in [0, 0.1) is 0 Å². The molecular weight excluding hydrogens is 136 g/mol. The number of rotatable bonds is 1. The van der Waals surface area contributed by atoms with Gasteiger partial charge >= 0.3 is 0 Å². The highest BCUT2D eigenvalue weighted by Crippen LogP contribution is 2.01. The predicted molar refractivity (Wildman–Crippen MR) is 34.0 cm³/mol. The zero-order valence-corrected chi connectivity index (χ0v) is 5.49. The Hall–Kier alpha value is -0.200. The number of hydrogen-bond acceptors (Lipinski definition) is 5. The van der Waals surface area contributed by atoms with E-state index < -0.39 is 18.2 Å². The Balaban J connectivity index is 2.42. The van der Waals surface area contributed by atoms with Crippen molar-refractivity contribution >= 4 is 0 Å². The third-order valence-electron chi connectivity index (χ3n) is 1.60. The summed E-state index contributed by atoms with van der Waals surface area (Å²) in [4.78, 5) is 0. The van der Waals surface area contributed by atoms with Crippen LogP contribution in [-0.4, -0.2) is 46.7 Å². The maximum Gasteiger partial charge on any atom is 0.100 e. The van der Waals surface area contributed by atoms with E-state index in [1.807, 2.05) is 0 Å². The molecule has 1 rings (SSSR count). The van der Waals surface area contributed by atoms with Crippen LogP contribution in [0.25, 0.3) is 0 Å². The van der Waals surface area contributed by atoms with Crippen LogP contribution in [0.15, 0.2) is 0 Å². The number of hydrogen-bond donors (Lipinski definition) is 5. The van der Waals surface area contributed by atoms with Gasteiger partial charge in [-0.1, -0.05) is 0 Å². The number of nitrogens with one attached hydrogen (secondary N) is 2. The van der Waals surface area contributed by atoms with Crippen molar-refractivity contribution in [2.45, 2.75) is 18.2 Å². The van der Waals surface area contributed by atoms with Crippen molar-refractivity contribution in [2.75, 3.05) is 13.2 Å². The van der Waals surface area contributed by atoms with Crippen LogP contribution in [0.3, 0.4) is 0 Å². The molecule has 0 aromatic carbocycles. The lowest BCUT2D eigenvalue weighted by atomic mass is 10.1. The molecule has 1 aliphatic rings. The van der Waals surface area contributed by atoms with E-state index in [9.17, 15) is 0 Å². The molecule has 5 heteroatoms. The van der Waals surface area contributed by atoms with Crippen molar-refractivity contribution in [3.63, 3.8) is 0 Å². The van der Waals surface area contributed by atoms with E-state index in [1.54, 1.807) is 0 Å². The summed E-state index contributed by atoms with van der Waals surface area (Å²) >= 11 is 0. The molecule has 5 N–H and O–H groups in total. The SMILES string of the molecule is OC[12C@H]1NNC[C@@H](O)[C@H]1O. The van der Waals surface area contributed by atoms with E-state index in [4.69, 9.17) is 15.3 Å². The van der Waals surface area contributed by atoms with Crippen molar-refractivity contribution < 1.29 is 15.3 Å². The third-order valence-corrected chi connectivity index (χ3v) is 1.60. The third kappa shape index (κ3) is 1.44. The maximum absolute atomic E-state index is 9.12. The Morgan fingerprint density at radius 2 is 2.10 bits per heavy atom. The summed E-state index contributed by atoms with van der Waals surface area (Å²) < 4.78 is 0. The molecule has 0 aliphatic carbocycles. The van der Waals surface area contributed by atoms with Gasteiger partial charge in [-0.3, -0.25) is 5.43 Å². The average Bonchev–Trinajstić information content (AvgIpc) is 1.95. The number of hydrazine groups is 1. The van der Waals surface area contributed by atoms with Crippen molar-refractivity contribution in [3.05, 3.63) is 0 Å². The van der Waals surface area contributed by atoms with E-state index in [0.717, 1.165) is 0 Å². The molecule has 0 radical (unpaired) electrons. The maximum atomic E-state index is 9.12. The van der Waals surface area contributed by atoms with Gasteiger partial charge in [0.2, 0.25) is 0 Å². The van der Waals surface area contributed by atoms with Gasteiger partial charge in [0.05, 0.1) is 18.8 Å². The zero-order chi connectivity index (χ0) is 7.56. The molecule has 0 bridgehead atoms. The number of aliphatic hydroxyl groups is 3. The fourth-order valence-electron chi connectivity index (χ4n) is 0.923. The van der Waals surface area contributed by atoms with Gasteiger partial charge in [0.25, 0.3) is 0 Å². The minimum Gasteiger partial charge on any atom is -0.395 e. The van der Waals surface area contributed by atoms with Crippen LogP contribution in [0.1, 0.15) is 0 Å². The summed E-state index contributed by atoms with van der Waals surface area (Å²) in [6.45, 7) is 0.114. The van der Waals surface area contributed by atoms with Crippen molar-refractivity contribution in [2.24, 2.45) is 0 Å². The second-order valence-corrected chi connectivity index (χ2v) is 2.37.